The van der Waals surface area contributed by atoms with Crippen LogP contribution in [0.1, 0.15) is 39.2 Å². The van der Waals surface area contributed by atoms with Gasteiger partial charge in [-0.3, -0.25) is 9.79 Å². The molecule has 0 spiro atoms. The van der Waals surface area contributed by atoms with E-state index in [9.17, 15) is 31.1 Å². The molecule has 2 heterocycles. The Balaban J connectivity index is 1.63. The number of halogens is 6. The molecule has 0 aliphatic carbocycles. The molecule has 0 saturated carbocycles. The predicted octanol–water partition coefficient (Wildman–Crippen LogP) is 5.04. The molecule has 0 radical (unpaired) electrons. The van der Waals surface area contributed by atoms with E-state index in [0.29, 0.717) is 27.6 Å². The van der Waals surface area contributed by atoms with Crippen LogP contribution < -0.4 is 5.32 Å². The first-order chi connectivity index (χ1) is 14.6. The number of carbonyl (C=O) groups excluding carboxylic acids is 1. The first kappa shape index (κ1) is 20.6. The van der Waals surface area contributed by atoms with Crippen molar-refractivity contribution >= 4 is 17.3 Å². The molecule has 31 heavy (non-hydrogen) atoms. The maximum atomic E-state index is 13.7. The average molecular weight is 438 g/mol. The minimum Gasteiger partial charge on any atom is -0.322 e. The topological polar surface area (TPSA) is 59.3 Å². The van der Waals surface area contributed by atoms with Crippen LogP contribution in [0.2, 0.25) is 0 Å². The Kier molecular flexibility index (Phi) is 5.03. The lowest BCUT2D eigenvalue weighted by molar-refractivity contribution is -0.140. The number of aromatic nitrogens is 2. The summed E-state index contributed by atoms with van der Waals surface area (Å²) in [5, 5.41) is 5.88. The summed E-state index contributed by atoms with van der Waals surface area (Å²) < 4.78 is 79.3. The number of nitrogens with one attached hydrogen (secondary N) is 1. The fraction of sp³-hybridized carbons (Fsp3) is 0.150. The number of alkyl halides is 5. The Morgan fingerprint density at radius 3 is 2.61 bits per heavy atom. The maximum absolute atomic E-state index is 13.7. The van der Waals surface area contributed by atoms with Crippen molar-refractivity contribution in [1.29, 1.82) is 0 Å². The van der Waals surface area contributed by atoms with Gasteiger partial charge in [-0.15, -0.1) is 0 Å². The zero-order valence-electron chi connectivity index (χ0n) is 15.4. The lowest BCUT2D eigenvalue weighted by Crippen LogP contribution is -2.20. The number of amides is 1. The van der Waals surface area contributed by atoms with Gasteiger partial charge in [0.15, 0.2) is 0 Å². The first-order valence-corrected chi connectivity index (χ1v) is 8.82. The molecule has 1 amide bonds. The first-order valence-electron chi connectivity index (χ1n) is 8.82. The highest BCUT2D eigenvalue weighted by molar-refractivity contribution is 6.16. The van der Waals surface area contributed by atoms with Gasteiger partial charge in [0.05, 0.1) is 24.0 Å². The van der Waals surface area contributed by atoms with E-state index in [2.05, 4.69) is 15.4 Å². The number of aliphatic imine (C=N–C) groups is 1. The van der Waals surface area contributed by atoms with Crippen LogP contribution in [0, 0.1) is 5.82 Å². The molecule has 1 N–H and O–H groups in total. The van der Waals surface area contributed by atoms with E-state index in [1.807, 2.05) is 0 Å². The van der Waals surface area contributed by atoms with Gasteiger partial charge in [-0.2, -0.15) is 27.1 Å². The van der Waals surface area contributed by atoms with Gasteiger partial charge in [-0.05, 0) is 29.8 Å². The second-order valence-electron chi connectivity index (χ2n) is 6.64. The van der Waals surface area contributed by atoms with Gasteiger partial charge < -0.3 is 5.32 Å². The predicted molar refractivity (Wildman–Crippen MR) is 98.6 cm³/mol. The van der Waals surface area contributed by atoms with Crippen LogP contribution in [0.4, 0.5) is 32.0 Å². The monoisotopic (exact) mass is 438 g/mol. The molecule has 11 heteroatoms. The fourth-order valence-electron chi connectivity index (χ4n) is 3.28. The number of fused-ring (bicyclic) bond motifs is 1. The molecule has 0 bridgehead atoms. The van der Waals surface area contributed by atoms with Gasteiger partial charge in [0, 0.05) is 23.0 Å². The summed E-state index contributed by atoms with van der Waals surface area (Å²) in [4.78, 5) is 16.7. The Hall–Kier alpha value is -3.63. The molecular weight excluding hydrogens is 426 g/mol. The number of anilines is 1. The SMILES string of the molecule is O=C(Nc1ccc2c(c1)C(c1cnn(C(F)F)c1)=NC2)c1cccc(F)c1C(F)(F)F. The van der Waals surface area contributed by atoms with Crippen LogP contribution >= 0.6 is 0 Å². The van der Waals surface area contributed by atoms with Gasteiger partial charge in [0.2, 0.25) is 0 Å². The number of hydrogen-bond donors (Lipinski definition) is 1. The molecule has 0 fully saturated rings. The van der Waals surface area contributed by atoms with Crippen molar-refractivity contribution in [3.8, 4) is 0 Å². The Bertz CT molecular complexity index is 1200. The Morgan fingerprint density at radius 2 is 1.94 bits per heavy atom. The lowest BCUT2D eigenvalue weighted by Gasteiger charge is -2.14. The third-order valence-corrected chi connectivity index (χ3v) is 4.65. The molecule has 1 aliphatic heterocycles. The zero-order valence-corrected chi connectivity index (χ0v) is 15.4. The van der Waals surface area contributed by atoms with Crippen LogP contribution in [0.3, 0.4) is 0 Å². The summed E-state index contributed by atoms with van der Waals surface area (Å²) in [7, 11) is 0. The van der Waals surface area contributed by atoms with Crippen LogP contribution in [0.25, 0.3) is 0 Å². The van der Waals surface area contributed by atoms with Crippen molar-refractivity contribution < 1.29 is 31.1 Å². The number of carbonyl (C=O) groups is 1. The molecule has 0 atom stereocenters. The zero-order chi connectivity index (χ0) is 22.3. The normalized spacial score (nSPS) is 13.3. The lowest BCUT2D eigenvalue weighted by atomic mass is 10.0. The van der Waals surface area contributed by atoms with E-state index in [4.69, 9.17) is 0 Å². The van der Waals surface area contributed by atoms with Crippen LogP contribution in [0.15, 0.2) is 53.8 Å². The second kappa shape index (κ2) is 7.56. The molecule has 2 aromatic carbocycles. The van der Waals surface area contributed by atoms with Gasteiger partial charge in [0.1, 0.15) is 11.4 Å². The molecular formula is C20H12F6N4O. The number of hydrogen-bond acceptors (Lipinski definition) is 3. The highest BCUT2D eigenvalue weighted by Gasteiger charge is 2.38. The van der Waals surface area contributed by atoms with Crippen LogP contribution in [-0.2, 0) is 12.7 Å². The van der Waals surface area contributed by atoms with E-state index >= 15 is 0 Å². The van der Waals surface area contributed by atoms with Crippen molar-refractivity contribution in [2.75, 3.05) is 5.32 Å². The second-order valence-corrected chi connectivity index (χ2v) is 6.64. The van der Waals surface area contributed by atoms with E-state index in [1.54, 1.807) is 6.07 Å². The molecule has 5 nitrogen and oxygen atoms in total. The van der Waals surface area contributed by atoms with Gasteiger partial charge in [-0.1, -0.05) is 12.1 Å². The summed E-state index contributed by atoms with van der Waals surface area (Å²) in [6.45, 7) is -2.56. The molecule has 3 aromatic rings. The largest absolute Gasteiger partial charge is 0.420 e. The van der Waals surface area contributed by atoms with Gasteiger partial charge in [0.25, 0.3) is 5.91 Å². The summed E-state index contributed by atoms with van der Waals surface area (Å²) in [5.74, 6) is -2.70. The molecule has 4 rings (SSSR count). The number of benzene rings is 2. The molecule has 1 aromatic heterocycles. The van der Waals surface area contributed by atoms with E-state index in [0.717, 1.165) is 23.9 Å². The third-order valence-electron chi connectivity index (χ3n) is 4.65. The average Bonchev–Trinajstić information content (AvgIpc) is 3.33. The van der Waals surface area contributed by atoms with E-state index < -0.39 is 35.6 Å². The summed E-state index contributed by atoms with van der Waals surface area (Å²) in [6, 6.07) is 7.04. The van der Waals surface area contributed by atoms with E-state index in [-0.39, 0.29) is 12.2 Å². The van der Waals surface area contributed by atoms with Gasteiger partial charge >= 0.3 is 12.7 Å². The van der Waals surface area contributed by atoms with Crippen molar-refractivity contribution in [3.05, 3.63) is 82.4 Å². The van der Waals surface area contributed by atoms with Crippen molar-refractivity contribution in [3.63, 3.8) is 0 Å². The maximum Gasteiger partial charge on any atom is 0.420 e. The van der Waals surface area contributed by atoms with Crippen molar-refractivity contribution in [2.45, 2.75) is 19.3 Å². The van der Waals surface area contributed by atoms with Crippen LogP contribution in [0.5, 0.6) is 0 Å². The Labute approximate surface area is 171 Å². The van der Waals surface area contributed by atoms with Crippen LogP contribution in [-0.4, -0.2) is 21.4 Å². The van der Waals surface area contributed by atoms with E-state index in [1.165, 1.54) is 18.3 Å². The summed E-state index contributed by atoms with van der Waals surface area (Å²) in [5.41, 5.74) is -0.444. The highest BCUT2D eigenvalue weighted by atomic mass is 19.4. The molecule has 1 aliphatic rings. The molecule has 0 saturated heterocycles. The molecule has 160 valence electrons. The number of nitrogens with zero attached hydrogens (tertiary/aromatic N) is 3. The standard InChI is InChI=1S/C20H12F6N4O/c21-15-3-1-2-13(16(15)20(24,25)26)18(31)29-12-5-4-10-7-27-17(14(10)6-12)11-8-28-30(9-11)19(22)23/h1-6,8-9,19H,7H2,(H,29,31). The Morgan fingerprint density at radius 1 is 1.16 bits per heavy atom. The summed E-state index contributed by atoms with van der Waals surface area (Å²) in [6.07, 6.45) is -2.72. The highest BCUT2D eigenvalue weighted by Crippen LogP contribution is 2.34. The van der Waals surface area contributed by atoms with Crippen molar-refractivity contribution in [2.24, 2.45) is 4.99 Å². The smallest absolute Gasteiger partial charge is 0.322 e. The minimum atomic E-state index is -5.05. The summed E-state index contributed by atoms with van der Waals surface area (Å²) >= 11 is 0. The quantitative estimate of drug-likeness (QED) is 0.581. The number of rotatable bonds is 4. The minimum absolute atomic E-state index is 0.136. The van der Waals surface area contributed by atoms with Gasteiger partial charge in [-0.25, -0.2) is 9.07 Å². The molecule has 0 unspecified atom stereocenters. The van der Waals surface area contributed by atoms with Crippen molar-refractivity contribution in [1.82, 2.24) is 9.78 Å². The third kappa shape index (κ3) is 3.90. The fourth-order valence-corrected chi connectivity index (χ4v) is 3.28.